The third kappa shape index (κ3) is 3.23. The summed E-state index contributed by atoms with van der Waals surface area (Å²) in [5.74, 6) is 1.10. The van der Waals surface area contributed by atoms with Crippen LogP contribution in [0.2, 0.25) is 0 Å². The first-order valence-corrected chi connectivity index (χ1v) is 5.85. The van der Waals surface area contributed by atoms with Gasteiger partial charge in [0, 0.05) is 6.07 Å². The molecule has 0 aliphatic rings. The van der Waals surface area contributed by atoms with Gasteiger partial charge in [0.05, 0.1) is 6.07 Å². The van der Waals surface area contributed by atoms with Gasteiger partial charge in [-0.3, -0.25) is 0 Å². The van der Waals surface area contributed by atoms with Crippen LogP contribution in [0.25, 0.3) is 0 Å². The van der Waals surface area contributed by atoms with Gasteiger partial charge in [-0.2, -0.15) is 0 Å². The molecule has 0 bridgehead atoms. The van der Waals surface area contributed by atoms with Crippen LogP contribution in [0, 0.1) is 20.8 Å². The molecule has 1 aromatic heterocycles. The second-order valence-corrected chi connectivity index (χ2v) is 4.51. The Balaban J connectivity index is 2.13. The van der Waals surface area contributed by atoms with Crippen LogP contribution in [-0.4, -0.2) is 0 Å². The van der Waals surface area contributed by atoms with E-state index < -0.39 is 0 Å². The van der Waals surface area contributed by atoms with E-state index in [-0.39, 0.29) is 5.63 Å². The monoisotopic (exact) mass is 244 g/mol. The molecule has 1 aromatic carbocycles. The van der Waals surface area contributed by atoms with Crippen LogP contribution < -0.4 is 10.4 Å². The summed E-state index contributed by atoms with van der Waals surface area (Å²) in [6.45, 7) is 6.28. The zero-order valence-corrected chi connectivity index (χ0v) is 10.8. The number of hydrogen-bond acceptors (Lipinski definition) is 3. The lowest BCUT2D eigenvalue weighted by molar-refractivity contribution is 0.300. The summed E-state index contributed by atoms with van der Waals surface area (Å²) in [4.78, 5) is 11.2. The molecule has 0 unspecified atom stereocenters. The molecule has 0 aliphatic heterocycles. The predicted molar refractivity (Wildman–Crippen MR) is 70.0 cm³/mol. The van der Waals surface area contributed by atoms with E-state index in [1.54, 1.807) is 13.0 Å². The van der Waals surface area contributed by atoms with Gasteiger partial charge in [-0.25, -0.2) is 4.79 Å². The van der Waals surface area contributed by atoms with Crippen LogP contribution in [0.4, 0.5) is 0 Å². The number of rotatable bonds is 3. The molecule has 0 fully saturated rings. The van der Waals surface area contributed by atoms with Crippen LogP contribution >= 0.6 is 0 Å². The van der Waals surface area contributed by atoms with Crippen molar-refractivity contribution in [3.8, 4) is 5.75 Å². The highest BCUT2D eigenvalue weighted by Crippen LogP contribution is 2.14. The van der Waals surface area contributed by atoms with Crippen LogP contribution in [0.5, 0.6) is 5.75 Å². The Bertz CT molecular complexity index is 591. The van der Waals surface area contributed by atoms with E-state index in [1.807, 2.05) is 0 Å². The Morgan fingerprint density at radius 3 is 2.28 bits per heavy atom. The first-order chi connectivity index (χ1) is 8.52. The van der Waals surface area contributed by atoms with Gasteiger partial charge in [-0.1, -0.05) is 29.3 Å². The summed E-state index contributed by atoms with van der Waals surface area (Å²) in [6, 6.07) is 9.33. The van der Waals surface area contributed by atoms with Gasteiger partial charge in [0.1, 0.15) is 18.1 Å². The van der Waals surface area contributed by atoms with Crippen LogP contribution in [-0.2, 0) is 6.61 Å². The van der Waals surface area contributed by atoms with Crippen molar-refractivity contribution in [2.24, 2.45) is 0 Å². The van der Waals surface area contributed by atoms with Crippen LogP contribution in [0.1, 0.15) is 22.5 Å². The van der Waals surface area contributed by atoms with Gasteiger partial charge < -0.3 is 9.15 Å². The van der Waals surface area contributed by atoms with Crippen molar-refractivity contribution in [3.63, 3.8) is 0 Å². The predicted octanol–water partition coefficient (Wildman–Crippen LogP) is 3.14. The molecule has 3 heteroatoms. The van der Waals surface area contributed by atoms with E-state index in [0.29, 0.717) is 18.1 Å². The maximum atomic E-state index is 11.2. The largest absolute Gasteiger partial charge is 0.489 e. The Labute approximate surface area is 106 Å². The summed E-state index contributed by atoms with van der Waals surface area (Å²) < 4.78 is 10.5. The van der Waals surface area contributed by atoms with Crippen molar-refractivity contribution in [1.29, 1.82) is 0 Å². The molecule has 0 spiro atoms. The van der Waals surface area contributed by atoms with Gasteiger partial charge in [-0.05, 0) is 26.3 Å². The molecule has 0 saturated heterocycles. The molecule has 18 heavy (non-hydrogen) atoms. The van der Waals surface area contributed by atoms with Crippen molar-refractivity contribution in [3.05, 3.63) is 63.2 Å². The summed E-state index contributed by atoms with van der Waals surface area (Å²) in [7, 11) is 0. The highest BCUT2D eigenvalue weighted by Gasteiger charge is 2.01. The van der Waals surface area contributed by atoms with Crippen molar-refractivity contribution < 1.29 is 9.15 Å². The Morgan fingerprint density at radius 2 is 1.67 bits per heavy atom. The van der Waals surface area contributed by atoms with E-state index >= 15 is 0 Å². The van der Waals surface area contributed by atoms with E-state index in [1.165, 1.54) is 17.2 Å². The first-order valence-electron chi connectivity index (χ1n) is 5.85. The van der Waals surface area contributed by atoms with Crippen molar-refractivity contribution >= 4 is 0 Å². The quantitative estimate of drug-likeness (QED) is 0.832. The Morgan fingerprint density at radius 1 is 1.00 bits per heavy atom. The Kier molecular flexibility index (Phi) is 3.51. The summed E-state index contributed by atoms with van der Waals surface area (Å²) in [6.07, 6.45) is 0. The molecule has 2 aromatic rings. The molecule has 1 heterocycles. The van der Waals surface area contributed by atoms with E-state index in [4.69, 9.17) is 9.15 Å². The minimum absolute atomic E-state index is 0.384. The van der Waals surface area contributed by atoms with E-state index in [0.717, 1.165) is 5.56 Å². The minimum Gasteiger partial charge on any atom is -0.489 e. The number of hydrogen-bond donors (Lipinski definition) is 0. The zero-order valence-electron chi connectivity index (χ0n) is 10.8. The summed E-state index contributed by atoms with van der Waals surface area (Å²) >= 11 is 0. The average Bonchev–Trinajstić information content (AvgIpc) is 2.23. The van der Waals surface area contributed by atoms with E-state index in [2.05, 4.69) is 32.0 Å². The van der Waals surface area contributed by atoms with Gasteiger partial charge in [0.25, 0.3) is 0 Å². The fourth-order valence-electron chi connectivity index (χ4n) is 1.98. The average molecular weight is 244 g/mol. The molecule has 0 aliphatic carbocycles. The fraction of sp³-hybridized carbons (Fsp3) is 0.267. The highest BCUT2D eigenvalue weighted by atomic mass is 16.5. The number of ether oxygens (including phenoxy) is 1. The molecule has 0 saturated carbocycles. The van der Waals surface area contributed by atoms with Crippen LogP contribution in [0.3, 0.4) is 0 Å². The van der Waals surface area contributed by atoms with Gasteiger partial charge in [0.15, 0.2) is 0 Å². The first kappa shape index (κ1) is 12.4. The topological polar surface area (TPSA) is 39.4 Å². The lowest BCUT2D eigenvalue weighted by Crippen LogP contribution is -2.02. The third-order valence-electron chi connectivity index (χ3n) is 2.55. The maximum Gasteiger partial charge on any atom is 0.339 e. The number of aryl methyl sites for hydroxylation is 3. The smallest absolute Gasteiger partial charge is 0.339 e. The molecule has 0 atom stereocenters. The van der Waals surface area contributed by atoms with Crippen LogP contribution in [0.15, 0.2) is 39.5 Å². The molecule has 0 radical (unpaired) electrons. The van der Waals surface area contributed by atoms with Crippen molar-refractivity contribution in [2.45, 2.75) is 27.4 Å². The third-order valence-corrected chi connectivity index (χ3v) is 2.55. The summed E-state index contributed by atoms with van der Waals surface area (Å²) in [5, 5.41) is 0. The second-order valence-electron chi connectivity index (χ2n) is 4.51. The molecule has 2 rings (SSSR count). The van der Waals surface area contributed by atoms with Gasteiger partial charge >= 0.3 is 5.63 Å². The molecule has 3 nitrogen and oxygen atoms in total. The van der Waals surface area contributed by atoms with Crippen molar-refractivity contribution in [2.75, 3.05) is 0 Å². The minimum atomic E-state index is -0.384. The highest BCUT2D eigenvalue weighted by molar-refractivity contribution is 5.29. The maximum absolute atomic E-state index is 11.2. The Hall–Kier alpha value is -2.03. The lowest BCUT2D eigenvalue weighted by atomic mass is 10.1. The zero-order chi connectivity index (χ0) is 13.1. The van der Waals surface area contributed by atoms with Gasteiger partial charge in [-0.15, -0.1) is 0 Å². The lowest BCUT2D eigenvalue weighted by Gasteiger charge is -2.08. The summed E-state index contributed by atoms with van der Waals surface area (Å²) in [5.41, 5.74) is 3.12. The SMILES string of the molecule is Cc1cc(C)cc(COc2cc(C)oc(=O)c2)c1. The molecular weight excluding hydrogens is 228 g/mol. The molecule has 94 valence electrons. The number of benzene rings is 1. The standard InChI is InChI=1S/C15H16O3/c1-10-4-11(2)6-13(5-10)9-17-14-7-12(3)18-15(16)8-14/h4-8H,9H2,1-3H3. The molecular formula is C15H16O3. The van der Waals surface area contributed by atoms with Crippen molar-refractivity contribution in [1.82, 2.24) is 0 Å². The molecule has 0 amide bonds. The normalized spacial score (nSPS) is 10.4. The fourth-order valence-corrected chi connectivity index (χ4v) is 1.98. The van der Waals surface area contributed by atoms with Gasteiger partial charge in [0.2, 0.25) is 0 Å². The second kappa shape index (κ2) is 5.08. The molecule has 0 N–H and O–H groups in total. The van der Waals surface area contributed by atoms with E-state index in [9.17, 15) is 4.79 Å².